The Bertz CT molecular complexity index is 774. The van der Waals surface area contributed by atoms with Crippen LogP contribution < -0.4 is 0 Å². The molecular formula is C14H8ClF3N2O3. The summed E-state index contributed by atoms with van der Waals surface area (Å²) in [5.74, 6) is -0.630. The summed E-state index contributed by atoms with van der Waals surface area (Å²) >= 11 is 5.72. The fourth-order valence-electron chi connectivity index (χ4n) is 1.72. The highest BCUT2D eigenvalue weighted by molar-refractivity contribution is 6.31. The van der Waals surface area contributed by atoms with Gasteiger partial charge in [0.05, 0.1) is 16.2 Å². The number of hydrogen-bond acceptors (Lipinski definition) is 4. The summed E-state index contributed by atoms with van der Waals surface area (Å²) < 4.78 is 37.3. The lowest BCUT2D eigenvalue weighted by Crippen LogP contribution is -2.03. The van der Waals surface area contributed by atoms with Crippen molar-refractivity contribution in [3.05, 3.63) is 62.7 Å². The third-order valence-electron chi connectivity index (χ3n) is 2.83. The van der Waals surface area contributed by atoms with Gasteiger partial charge in [0.15, 0.2) is 0 Å². The number of phenolic OH excluding ortho intramolecular Hbond substituents is 1. The molecule has 0 aliphatic carbocycles. The van der Waals surface area contributed by atoms with E-state index >= 15 is 0 Å². The van der Waals surface area contributed by atoms with Gasteiger partial charge in [0, 0.05) is 22.9 Å². The maximum absolute atomic E-state index is 12.4. The smallest absolute Gasteiger partial charge is 0.416 e. The van der Waals surface area contributed by atoms with Gasteiger partial charge in [-0.15, -0.1) is 0 Å². The Morgan fingerprint density at radius 3 is 2.35 bits per heavy atom. The Labute approximate surface area is 132 Å². The van der Waals surface area contributed by atoms with E-state index in [1.165, 1.54) is 6.07 Å². The van der Waals surface area contributed by atoms with E-state index in [1.807, 2.05) is 0 Å². The zero-order valence-corrected chi connectivity index (χ0v) is 12.0. The van der Waals surface area contributed by atoms with E-state index < -0.39 is 28.1 Å². The zero-order chi connectivity index (χ0) is 17.2. The average Bonchev–Trinajstić information content (AvgIpc) is 2.47. The van der Waals surface area contributed by atoms with Crippen LogP contribution in [0.3, 0.4) is 0 Å². The lowest BCUT2D eigenvalue weighted by Gasteiger charge is -2.05. The Balaban J connectivity index is 2.32. The molecule has 23 heavy (non-hydrogen) atoms. The van der Waals surface area contributed by atoms with Crippen LogP contribution in [0, 0.1) is 10.1 Å². The number of nitrogens with zero attached hydrogens (tertiary/aromatic N) is 2. The zero-order valence-electron chi connectivity index (χ0n) is 11.2. The first-order chi connectivity index (χ1) is 10.7. The van der Waals surface area contributed by atoms with Crippen LogP contribution in [0.4, 0.5) is 24.5 Å². The van der Waals surface area contributed by atoms with Crippen molar-refractivity contribution in [2.45, 2.75) is 6.18 Å². The maximum atomic E-state index is 12.4. The molecule has 0 saturated heterocycles. The Kier molecular flexibility index (Phi) is 4.55. The number of nitro groups is 1. The molecule has 1 N–H and O–H groups in total. The van der Waals surface area contributed by atoms with Crippen LogP contribution >= 0.6 is 11.6 Å². The highest BCUT2D eigenvalue weighted by Crippen LogP contribution is 2.33. The summed E-state index contributed by atoms with van der Waals surface area (Å²) in [5, 5.41) is 20.6. The van der Waals surface area contributed by atoms with Crippen LogP contribution in [0.25, 0.3) is 0 Å². The van der Waals surface area contributed by atoms with Gasteiger partial charge in [-0.1, -0.05) is 11.6 Å². The van der Waals surface area contributed by atoms with Crippen molar-refractivity contribution in [3.8, 4) is 5.75 Å². The molecule has 2 aromatic rings. The van der Waals surface area contributed by atoms with Crippen LogP contribution in [0.1, 0.15) is 11.1 Å². The minimum atomic E-state index is -4.45. The van der Waals surface area contributed by atoms with Crippen LogP contribution in [0.15, 0.2) is 41.4 Å². The number of phenols is 1. The predicted octanol–water partition coefficient (Wildman–Crippen LogP) is 4.72. The van der Waals surface area contributed by atoms with Gasteiger partial charge in [-0.05, 0) is 30.3 Å². The molecule has 2 rings (SSSR count). The number of nitro benzene ring substituents is 1. The summed E-state index contributed by atoms with van der Waals surface area (Å²) in [4.78, 5) is 13.8. The molecule has 5 nitrogen and oxygen atoms in total. The largest absolute Gasteiger partial charge is 0.502 e. The second kappa shape index (κ2) is 6.25. The molecule has 2 aromatic carbocycles. The van der Waals surface area contributed by atoms with Crippen LogP contribution in [0.2, 0.25) is 5.02 Å². The van der Waals surface area contributed by atoms with Gasteiger partial charge in [-0.2, -0.15) is 13.2 Å². The van der Waals surface area contributed by atoms with Crippen LogP contribution in [0.5, 0.6) is 5.75 Å². The van der Waals surface area contributed by atoms with Gasteiger partial charge in [0.1, 0.15) is 0 Å². The Morgan fingerprint density at radius 2 is 1.83 bits per heavy atom. The average molecular weight is 345 g/mol. The minimum absolute atomic E-state index is 0.0170. The third kappa shape index (κ3) is 3.98. The standard InChI is InChI=1S/C14H8ClF3N2O3/c15-10-5-8(13(21)12(6-10)20(22)23)7-19-11-3-1-9(2-4-11)14(16,17)18/h1-7,21H. The van der Waals surface area contributed by atoms with Crippen molar-refractivity contribution in [1.29, 1.82) is 0 Å². The molecule has 0 aliphatic rings. The summed E-state index contributed by atoms with van der Waals surface area (Å²) in [5.41, 5.74) is -1.26. The number of halogens is 4. The summed E-state index contributed by atoms with van der Waals surface area (Å²) in [6.07, 6.45) is -3.37. The molecule has 0 amide bonds. The fourth-order valence-corrected chi connectivity index (χ4v) is 1.94. The molecule has 0 bridgehead atoms. The van der Waals surface area contributed by atoms with Gasteiger partial charge in [0.25, 0.3) is 0 Å². The summed E-state index contributed by atoms with van der Waals surface area (Å²) in [6, 6.07) is 6.20. The lowest BCUT2D eigenvalue weighted by atomic mass is 10.2. The molecule has 9 heteroatoms. The first kappa shape index (κ1) is 16.8. The van der Waals surface area contributed by atoms with E-state index in [-0.39, 0.29) is 16.3 Å². The molecule has 0 unspecified atom stereocenters. The first-order valence-electron chi connectivity index (χ1n) is 6.06. The Hall–Kier alpha value is -2.61. The van der Waals surface area contributed by atoms with Crippen molar-refractivity contribution >= 4 is 29.2 Å². The summed E-state index contributed by atoms with van der Waals surface area (Å²) in [6.45, 7) is 0. The Morgan fingerprint density at radius 1 is 1.22 bits per heavy atom. The molecule has 0 heterocycles. The number of benzene rings is 2. The molecule has 0 radical (unpaired) electrons. The number of alkyl halides is 3. The molecule has 0 aliphatic heterocycles. The molecular weight excluding hydrogens is 337 g/mol. The molecule has 0 fully saturated rings. The molecule has 0 spiro atoms. The van der Waals surface area contributed by atoms with Crippen molar-refractivity contribution in [2.75, 3.05) is 0 Å². The van der Waals surface area contributed by atoms with E-state index in [2.05, 4.69) is 4.99 Å². The van der Waals surface area contributed by atoms with Gasteiger partial charge in [0.2, 0.25) is 5.75 Å². The first-order valence-corrected chi connectivity index (χ1v) is 6.44. The van der Waals surface area contributed by atoms with Gasteiger partial charge in [-0.3, -0.25) is 15.1 Å². The van der Waals surface area contributed by atoms with Crippen molar-refractivity contribution < 1.29 is 23.2 Å². The molecule has 120 valence electrons. The fraction of sp³-hybridized carbons (Fsp3) is 0.0714. The second-order valence-corrected chi connectivity index (χ2v) is 4.86. The number of aliphatic imine (C=N–C) groups is 1. The SMILES string of the molecule is O=[N+]([O-])c1cc(Cl)cc(C=Nc2ccc(C(F)(F)F)cc2)c1O. The van der Waals surface area contributed by atoms with Crippen molar-refractivity contribution in [3.63, 3.8) is 0 Å². The van der Waals surface area contributed by atoms with Crippen LogP contribution in [-0.2, 0) is 6.18 Å². The highest BCUT2D eigenvalue weighted by atomic mass is 35.5. The highest BCUT2D eigenvalue weighted by Gasteiger charge is 2.29. The number of rotatable bonds is 3. The van der Waals surface area contributed by atoms with Gasteiger partial charge < -0.3 is 5.11 Å². The maximum Gasteiger partial charge on any atom is 0.416 e. The topological polar surface area (TPSA) is 75.7 Å². The quantitative estimate of drug-likeness (QED) is 0.497. The molecule has 0 atom stereocenters. The second-order valence-electron chi connectivity index (χ2n) is 4.42. The van der Waals surface area contributed by atoms with Crippen molar-refractivity contribution in [2.24, 2.45) is 4.99 Å². The van der Waals surface area contributed by atoms with E-state index in [1.54, 1.807) is 0 Å². The van der Waals surface area contributed by atoms with Gasteiger partial charge >= 0.3 is 11.9 Å². The monoisotopic (exact) mass is 344 g/mol. The van der Waals surface area contributed by atoms with E-state index in [0.717, 1.165) is 36.5 Å². The number of hydrogen-bond donors (Lipinski definition) is 1. The van der Waals surface area contributed by atoms with Gasteiger partial charge in [-0.25, -0.2) is 0 Å². The third-order valence-corrected chi connectivity index (χ3v) is 3.05. The summed E-state index contributed by atoms with van der Waals surface area (Å²) in [7, 11) is 0. The predicted molar refractivity (Wildman–Crippen MR) is 78.5 cm³/mol. The molecule has 0 aromatic heterocycles. The van der Waals surface area contributed by atoms with E-state index in [9.17, 15) is 28.4 Å². The lowest BCUT2D eigenvalue weighted by molar-refractivity contribution is -0.385. The van der Waals surface area contributed by atoms with E-state index in [0.29, 0.717) is 0 Å². The van der Waals surface area contributed by atoms with E-state index in [4.69, 9.17) is 11.6 Å². The number of aromatic hydroxyl groups is 1. The minimum Gasteiger partial charge on any atom is -0.502 e. The van der Waals surface area contributed by atoms with Crippen molar-refractivity contribution in [1.82, 2.24) is 0 Å². The normalized spacial score (nSPS) is 11.8. The van der Waals surface area contributed by atoms with Crippen LogP contribution in [-0.4, -0.2) is 16.2 Å². The molecule has 0 saturated carbocycles.